The topological polar surface area (TPSA) is 64.3 Å². The van der Waals surface area contributed by atoms with Gasteiger partial charge in [-0.05, 0) is 62.2 Å². The smallest absolute Gasteiger partial charge is 0.355 e. The molecule has 0 aliphatic rings. The Balaban J connectivity index is 2.27. The largest absolute Gasteiger partial charge is 0.422 e. The highest BCUT2D eigenvalue weighted by Gasteiger charge is 2.23. The summed E-state index contributed by atoms with van der Waals surface area (Å²) in [6.45, 7) is 5.63. The average Bonchev–Trinajstić information content (AvgIpc) is 2.49. The van der Waals surface area contributed by atoms with E-state index in [0.29, 0.717) is 11.0 Å². The molecule has 0 unspecified atom stereocenters. The molecular weight excluding hydrogens is 312 g/mol. The number of aryl methyl sites for hydroxylation is 3. The minimum atomic E-state index is -3.92. The number of hydrogen-bond acceptors (Lipinski definition) is 4. The van der Waals surface area contributed by atoms with E-state index in [1.165, 1.54) is 12.1 Å². The van der Waals surface area contributed by atoms with Gasteiger partial charge in [-0.25, -0.2) is 13.2 Å². The predicted molar refractivity (Wildman–Crippen MR) is 88.6 cm³/mol. The lowest BCUT2D eigenvalue weighted by molar-refractivity contribution is 0.532. The fourth-order valence-electron chi connectivity index (χ4n) is 2.42. The molecule has 0 aliphatic heterocycles. The number of benzene rings is 2. The monoisotopic (exact) mass is 328 g/mol. The quantitative estimate of drug-likeness (QED) is 0.675. The van der Waals surface area contributed by atoms with Gasteiger partial charge in [-0.2, -0.15) is 0 Å². The van der Waals surface area contributed by atoms with E-state index in [1.54, 1.807) is 24.3 Å². The van der Waals surface area contributed by atoms with E-state index in [2.05, 4.69) is 0 Å². The second kappa shape index (κ2) is 5.35. The maximum Gasteiger partial charge on any atom is 0.355 e. The van der Waals surface area contributed by atoms with Crippen LogP contribution in [0.25, 0.3) is 11.0 Å². The minimum absolute atomic E-state index is 0.0971. The molecular formula is C18H16O4S. The lowest BCUT2D eigenvalue weighted by Gasteiger charge is -2.07. The molecule has 4 nitrogen and oxygen atoms in total. The van der Waals surface area contributed by atoms with Crippen LogP contribution >= 0.6 is 0 Å². The fraction of sp³-hybridized carbons (Fsp3) is 0.167. The average molecular weight is 328 g/mol. The van der Waals surface area contributed by atoms with E-state index < -0.39 is 15.5 Å². The van der Waals surface area contributed by atoms with Crippen LogP contribution in [0.1, 0.15) is 16.7 Å². The molecule has 3 rings (SSSR count). The number of sulfone groups is 1. The Morgan fingerprint density at radius 1 is 0.870 bits per heavy atom. The molecule has 0 amide bonds. The van der Waals surface area contributed by atoms with Crippen LogP contribution in [0, 0.1) is 20.8 Å². The van der Waals surface area contributed by atoms with Gasteiger partial charge in [0.2, 0.25) is 9.84 Å². The molecule has 0 radical (unpaired) electrons. The zero-order valence-electron chi connectivity index (χ0n) is 13.1. The molecule has 0 atom stereocenters. The Labute approximate surface area is 134 Å². The van der Waals surface area contributed by atoms with Crippen LogP contribution in [0.2, 0.25) is 0 Å². The third kappa shape index (κ3) is 2.68. The van der Waals surface area contributed by atoms with Gasteiger partial charge in [0.1, 0.15) is 5.58 Å². The van der Waals surface area contributed by atoms with Crippen LogP contribution in [0.4, 0.5) is 0 Å². The van der Waals surface area contributed by atoms with E-state index in [1.807, 2.05) is 26.8 Å². The highest BCUT2D eigenvalue weighted by atomic mass is 32.2. The first-order valence-corrected chi connectivity index (χ1v) is 8.64. The van der Waals surface area contributed by atoms with Crippen LogP contribution < -0.4 is 5.63 Å². The summed E-state index contributed by atoms with van der Waals surface area (Å²) in [4.78, 5) is 11.9. The molecule has 1 aromatic heterocycles. The van der Waals surface area contributed by atoms with Crippen molar-refractivity contribution >= 4 is 20.8 Å². The Kier molecular flexibility index (Phi) is 3.60. The van der Waals surface area contributed by atoms with Crippen LogP contribution in [0.3, 0.4) is 0 Å². The van der Waals surface area contributed by atoms with E-state index in [4.69, 9.17) is 4.42 Å². The summed E-state index contributed by atoms with van der Waals surface area (Å²) in [7, 11) is -3.92. The van der Waals surface area contributed by atoms with Crippen molar-refractivity contribution in [1.29, 1.82) is 0 Å². The van der Waals surface area contributed by atoms with Crippen LogP contribution in [-0.2, 0) is 9.84 Å². The van der Waals surface area contributed by atoms with Crippen LogP contribution in [0.15, 0.2) is 61.5 Å². The highest BCUT2D eigenvalue weighted by Crippen LogP contribution is 2.24. The first-order chi connectivity index (χ1) is 10.8. The maximum absolute atomic E-state index is 12.8. The van der Waals surface area contributed by atoms with Gasteiger partial charge in [0, 0.05) is 5.39 Å². The van der Waals surface area contributed by atoms with Gasteiger partial charge in [-0.15, -0.1) is 0 Å². The summed E-state index contributed by atoms with van der Waals surface area (Å²) < 4.78 is 30.7. The zero-order valence-corrected chi connectivity index (χ0v) is 13.9. The molecule has 2 aromatic carbocycles. The number of hydrogen-bond donors (Lipinski definition) is 0. The molecule has 5 heteroatoms. The summed E-state index contributed by atoms with van der Waals surface area (Å²) in [6.07, 6.45) is 0. The Bertz CT molecular complexity index is 1080. The summed E-state index contributed by atoms with van der Waals surface area (Å²) >= 11 is 0. The molecule has 0 spiro atoms. The highest BCUT2D eigenvalue weighted by molar-refractivity contribution is 7.91. The molecule has 3 aromatic rings. The first-order valence-electron chi connectivity index (χ1n) is 7.16. The third-order valence-corrected chi connectivity index (χ3v) is 5.67. The Hall–Kier alpha value is -2.40. The normalized spacial score (nSPS) is 11.8. The Morgan fingerprint density at radius 2 is 1.61 bits per heavy atom. The molecule has 0 aliphatic carbocycles. The third-order valence-electron chi connectivity index (χ3n) is 3.93. The molecule has 0 bridgehead atoms. The van der Waals surface area contributed by atoms with Crippen LogP contribution in [0.5, 0.6) is 0 Å². The lowest BCUT2D eigenvalue weighted by Crippen LogP contribution is -2.14. The SMILES string of the molecule is Cc1ccc2oc(=O)c(S(=O)(=O)c3ccc(C)c(C)c3)cc2c1. The first kappa shape index (κ1) is 15.5. The lowest BCUT2D eigenvalue weighted by atomic mass is 10.1. The maximum atomic E-state index is 12.8. The van der Waals surface area contributed by atoms with Crippen molar-refractivity contribution in [1.82, 2.24) is 0 Å². The van der Waals surface area contributed by atoms with Crippen molar-refractivity contribution in [3.8, 4) is 0 Å². The van der Waals surface area contributed by atoms with Crippen molar-refractivity contribution in [2.45, 2.75) is 30.6 Å². The van der Waals surface area contributed by atoms with Gasteiger partial charge >= 0.3 is 5.63 Å². The number of rotatable bonds is 2. The summed E-state index contributed by atoms with van der Waals surface area (Å²) in [6, 6.07) is 11.5. The van der Waals surface area contributed by atoms with Gasteiger partial charge in [0.05, 0.1) is 4.90 Å². The zero-order chi connectivity index (χ0) is 16.8. The Morgan fingerprint density at radius 3 is 2.30 bits per heavy atom. The van der Waals surface area contributed by atoms with E-state index in [-0.39, 0.29) is 9.79 Å². The standard InChI is InChI=1S/C18H16O4S/c1-11-4-7-16-14(8-11)10-17(18(19)22-16)23(20,21)15-6-5-12(2)13(3)9-15/h4-10H,1-3H3. The van der Waals surface area contributed by atoms with Crippen molar-refractivity contribution in [3.63, 3.8) is 0 Å². The predicted octanol–water partition coefficient (Wildman–Crippen LogP) is 3.55. The molecule has 1 heterocycles. The van der Waals surface area contributed by atoms with Crippen molar-refractivity contribution in [3.05, 3.63) is 69.6 Å². The van der Waals surface area contributed by atoms with Gasteiger partial charge in [0.25, 0.3) is 0 Å². The van der Waals surface area contributed by atoms with Crippen LogP contribution in [-0.4, -0.2) is 8.42 Å². The van der Waals surface area contributed by atoms with Gasteiger partial charge in [-0.1, -0.05) is 17.7 Å². The fourth-order valence-corrected chi connectivity index (χ4v) is 3.80. The van der Waals surface area contributed by atoms with E-state index >= 15 is 0 Å². The van der Waals surface area contributed by atoms with Crippen molar-refractivity contribution in [2.75, 3.05) is 0 Å². The number of fused-ring (bicyclic) bond motifs is 1. The van der Waals surface area contributed by atoms with Crippen molar-refractivity contribution < 1.29 is 12.8 Å². The molecule has 0 N–H and O–H groups in total. The summed E-state index contributed by atoms with van der Waals surface area (Å²) in [5.74, 6) is 0. The molecule has 118 valence electrons. The van der Waals surface area contributed by atoms with E-state index in [9.17, 15) is 13.2 Å². The molecule has 23 heavy (non-hydrogen) atoms. The summed E-state index contributed by atoms with van der Waals surface area (Å²) in [5, 5.41) is 0.590. The second-order valence-corrected chi connectivity index (χ2v) is 7.61. The van der Waals surface area contributed by atoms with Gasteiger partial charge in [0.15, 0.2) is 4.90 Å². The molecule has 0 fully saturated rings. The second-order valence-electron chi connectivity index (χ2n) is 5.69. The molecule has 0 saturated carbocycles. The van der Waals surface area contributed by atoms with Crippen molar-refractivity contribution in [2.24, 2.45) is 0 Å². The minimum Gasteiger partial charge on any atom is -0.422 e. The van der Waals surface area contributed by atoms with Gasteiger partial charge < -0.3 is 4.42 Å². The summed E-state index contributed by atoms with van der Waals surface area (Å²) in [5.41, 5.74) is 2.33. The van der Waals surface area contributed by atoms with E-state index in [0.717, 1.165) is 16.7 Å². The molecule has 0 saturated heterocycles. The van der Waals surface area contributed by atoms with Gasteiger partial charge in [-0.3, -0.25) is 0 Å².